The minimum absolute atomic E-state index is 0.707. The van der Waals surface area contributed by atoms with Crippen molar-refractivity contribution in [2.45, 2.75) is 6.54 Å². The van der Waals surface area contributed by atoms with Gasteiger partial charge in [-0.15, -0.1) is 0 Å². The van der Waals surface area contributed by atoms with Crippen molar-refractivity contribution in [1.29, 1.82) is 0 Å². The van der Waals surface area contributed by atoms with Gasteiger partial charge in [-0.1, -0.05) is 18.2 Å². The monoisotopic (exact) mass is 260 g/mol. The van der Waals surface area contributed by atoms with Gasteiger partial charge in [0.2, 0.25) is 0 Å². The first-order valence-corrected chi connectivity index (χ1v) is 6.38. The topological polar surface area (TPSA) is 27.1 Å². The Labute approximate surface area is 112 Å². The van der Waals surface area contributed by atoms with E-state index in [-0.39, 0.29) is 0 Å². The maximum Gasteiger partial charge on any atom is 0.123 e. The zero-order chi connectivity index (χ0) is 12.8. The molecular formula is C14H16N2OS. The Morgan fingerprint density at radius 1 is 1.44 bits per heavy atom. The summed E-state index contributed by atoms with van der Waals surface area (Å²) in [4.78, 5) is 0. The molecule has 2 aromatic rings. The van der Waals surface area contributed by atoms with Gasteiger partial charge in [0, 0.05) is 23.7 Å². The van der Waals surface area contributed by atoms with Crippen LogP contribution in [0, 0.1) is 0 Å². The highest BCUT2D eigenvalue weighted by atomic mass is 32.1. The highest BCUT2D eigenvalue weighted by Crippen LogP contribution is 2.21. The van der Waals surface area contributed by atoms with Crippen molar-refractivity contribution in [2.75, 3.05) is 12.9 Å². The Hall–Kier alpha value is -1.68. The van der Waals surface area contributed by atoms with Crippen molar-refractivity contribution in [3.63, 3.8) is 0 Å². The fraction of sp³-hybridized carbons (Fsp3) is 0.214. The van der Waals surface area contributed by atoms with Gasteiger partial charge in [-0.25, -0.2) is 0 Å². The second-order valence-electron chi connectivity index (χ2n) is 3.86. The van der Waals surface area contributed by atoms with Gasteiger partial charge in [0.25, 0.3) is 0 Å². The molecule has 0 atom stereocenters. The van der Waals surface area contributed by atoms with E-state index in [0.717, 1.165) is 22.6 Å². The van der Waals surface area contributed by atoms with Crippen LogP contribution in [0.15, 0.2) is 42.7 Å². The van der Waals surface area contributed by atoms with Gasteiger partial charge in [-0.2, -0.15) is 17.7 Å². The maximum atomic E-state index is 5.37. The molecule has 3 nitrogen and oxygen atoms in total. The molecule has 0 aliphatic carbocycles. The molecule has 4 heteroatoms. The first-order chi connectivity index (χ1) is 8.83. The van der Waals surface area contributed by atoms with Crippen LogP contribution >= 0.6 is 12.6 Å². The van der Waals surface area contributed by atoms with E-state index in [1.165, 1.54) is 0 Å². The third-order valence-electron chi connectivity index (χ3n) is 2.61. The lowest BCUT2D eigenvalue weighted by Gasteiger charge is -2.09. The summed E-state index contributed by atoms with van der Waals surface area (Å²) in [6, 6.07) is 8.04. The molecule has 1 aromatic heterocycles. The van der Waals surface area contributed by atoms with Gasteiger partial charge < -0.3 is 4.74 Å². The zero-order valence-electron chi connectivity index (χ0n) is 10.3. The van der Waals surface area contributed by atoms with Crippen molar-refractivity contribution in [3.8, 4) is 5.75 Å². The van der Waals surface area contributed by atoms with Crippen molar-refractivity contribution in [1.82, 2.24) is 9.78 Å². The van der Waals surface area contributed by atoms with Crippen LogP contribution in [0.1, 0.15) is 11.1 Å². The molecule has 0 amide bonds. The Morgan fingerprint density at radius 2 is 2.33 bits per heavy atom. The molecule has 0 bridgehead atoms. The van der Waals surface area contributed by atoms with Crippen molar-refractivity contribution in [2.24, 2.45) is 0 Å². The Morgan fingerprint density at radius 3 is 3.00 bits per heavy atom. The predicted octanol–water partition coefficient (Wildman–Crippen LogP) is 2.88. The molecule has 0 saturated heterocycles. The molecule has 0 unspecified atom stereocenters. The Kier molecular flexibility index (Phi) is 4.47. The van der Waals surface area contributed by atoms with Gasteiger partial charge in [0.1, 0.15) is 5.75 Å². The van der Waals surface area contributed by atoms with Crippen molar-refractivity contribution >= 4 is 18.7 Å². The number of nitrogens with zero attached hydrogens (tertiary/aromatic N) is 2. The average Bonchev–Trinajstić information content (AvgIpc) is 2.89. The molecule has 0 N–H and O–H groups in total. The number of thiol groups is 1. The van der Waals surface area contributed by atoms with E-state index in [1.54, 1.807) is 13.3 Å². The molecule has 18 heavy (non-hydrogen) atoms. The lowest BCUT2D eigenvalue weighted by Crippen LogP contribution is -2.02. The molecule has 0 saturated carbocycles. The summed E-state index contributed by atoms with van der Waals surface area (Å²) in [7, 11) is 1.69. The van der Waals surface area contributed by atoms with Crippen molar-refractivity contribution in [3.05, 3.63) is 53.9 Å². The van der Waals surface area contributed by atoms with E-state index in [9.17, 15) is 0 Å². The smallest absolute Gasteiger partial charge is 0.123 e. The fourth-order valence-corrected chi connectivity index (χ4v) is 1.89. The lowest BCUT2D eigenvalue weighted by atomic mass is 10.1. The summed E-state index contributed by atoms with van der Waals surface area (Å²) in [6.45, 7) is 0.707. The molecule has 0 aliphatic heterocycles. The van der Waals surface area contributed by atoms with Crippen LogP contribution in [0.2, 0.25) is 0 Å². The summed E-state index contributed by atoms with van der Waals surface area (Å²) < 4.78 is 7.25. The molecule has 0 aliphatic rings. The standard InChI is InChI=1S/C14H16N2OS/c1-17-14-6-5-12(4-2-9-18)10-13(14)11-16-8-3-7-15-16/h2-8,10,18H,9,11H2,1H3. The van der Waals surface area contributed by atoms with Crippen molar-refractivity contribution < 1.29 is 4.74 Å². The quantitative estimate of drug-likeness (QED) is 0.837. The number of hydrogen-bond acceptors (Lipinski definition) is 3. The maximum absolute atomic E-state index is 5.37. The van der Waals surface area contributed by atoms with Gasteiger partial charge in [0.15, 0.2) is 0 Å². The number of ether oxygens (including phenoxy) is 1. The third-order valence-corrected chi connectivity index (χ3v) is 2.82. The van der Waals surface area contributed by atoms with Crippen LogP contribution in [0.4, 0.5) is 0 Å². The molecule has 1 heterocycles. The number of aromatic nitrogens is 2. The van der Waals surface area contributed by atoms with E-state index >= 15 is 0 Å². The summed E-state index contributed by atoms with van der Waals surface area (Å²) in [5.41, 5.74) is 2.26. The van der Waals surface area contributed by atoms with Gasteiger partial charge in [-0.3, -0.25) is 4.68 Å². The molecular weight excluding hydrogens is 244 g/mol. The van der Waals surface area contributed by atoms with E-state index in [4.69, 9.17) is 4.74 Å². The Balaban J connectivity index is 2.27. The normalized spacial score (nSPS) is 11.0. The first-order valence-electron chi connectivity index (χ1n) is 5.75. The first kappa shape index (κ1) is 12.8. The van der Waals surface area contributed by atoms with Crippen LogP contribution in [0.3, 0.4) is 0 Å². The van der Waals surface area contributed by atoms with Crippen LogP contribution in [0.25, 0.3) is 6.08 Å². The van der Waals surface area contributed by atoms with E-state index in [2.05, 4.69) is 29.9 Å². The van der Waals surface area contributed by atoms with Gasteiger partial charge in [0.05, 0.1) is 13.7 Å². The number of benzene rings is 1. The summed E-state index contributed by atoms with van der Waals surface area (Å²) in [5.74, 6) is 1.62. The highest BCUT2D eigenvalue weighted by Gasteiger charge is 2.04. The zero-order valence-corrected chi connectivity index (χ0v) is 11.2. The summed E-state index contributed by atoms with van der Waals surface area (Å²) in [5, 5.41) is 4.21. The van der Waals surface area contributed by atoms with E-state index in [1.807, 2.05) is 35.2 Å². The highest BCUT2D eigenvalue weighted by molar-refractivity contribution is 7.80. The van der Waals surface area contributed by atoms with Crippen LogP contribution in [-0.2, 0) is 6.54 Å². The second-order valence-corrected chi connectivity index (χ2v) is 4.23. The number of rotatable bonds is 5. The average molecular weight is 260 g/mol. The lowest BCUT2D eigenvalue weighted by molar-refractivity contribution is 0.407. The minimum atomic E-state index is 0.707. The summed E-state index contributed by atoms with van der Waals surface area (Å²) >= 11 is 4.16. The molecule has 0 fully saturated rings. The van der Waals surface area contributed by atoms with Gasteiger partial charge >= 0.3 is 0 Å². The number of methoxy groups -OCH3 is 1. The largest absolute Gasteiger partial charge is 0.496 e. The van der Waals surface area contributed by atoms with E-state index < -0.39 is 0 Å². The van der Waals surface area contributed by atoms with E-state index in [0.29, 0.717) is 6.54 Å². The van der Waals surface area contributed by atoms with Crippen LogP contribution in [-0.4, -0.2) is 22.6 Å². The predicted molar refractivity (Wildman–Crippen MR) is 77.2 cm³/mol. The summed E-state index contributed by atoms with van der Waals surface area (Å²) in [6.07, 6.45) is 7.79. The molecule has 0 radical (unpaired) electrons. The molecule has 0 spiro atoms. The fourth-order valence-electron chi connectivity index (χ4n) is 1.78. The molecule has 1 aromatic carbocycles. The van der Waals surface area contributed by atoms with Crippen LogP contribution < -0.4 is 4.74 Å². The molecule has 2 rings (SSSR count). The molecule has 94 valence electrons. The van der Waals surface area contributed by atoms with Crippen LogP contribution in [0.5, 0.6) is 5.75 Å². The number of hydrogen-bond donors (Lipinski definition) is 1. The van der Waals surface area contributed by atoms with Gasteiger partial charge in [-0.05, 0) is 23.8 Å². The second kappa shape index (κ2) is 6.31. The SMILES string of the molecule is COc1ccc(C=CCS)cc1Cn1cccn1. The Bertz CT molecular complexity index is 521. The minimum Gasteiger partial charge on any atom is -0.496 e. The third kappa shape index (κ3) is 3.17.